The Balaban J connectivity index is 1.41. The van der Waals surface area contributed by atoms with E-state index in [-0.39, 0.29) is 11.9 Å². The molecular formula is C21H22N4OS. The molecule has 27 heavy (non-hydrogen) atoms. The van der Waals surface area contributed by atoms with Crippen molar-refractivity contribution in [2.24, 2.45) is 5.92 Å². The van der Waals surface area contributed by atoms with Gasteiger partial charge in [-0.2, -0.15) is 5.26 Å². The van der Waals surface area contributed by atoms with E-state index in [0.29, 0.717) is 23.2 Å². The molecule has 3 aliphatic rings. The lowest BCUT2D eigenvalue weighted by atomic mass is 9.79. The second kappa shape index (κ2) is 7.71. The number of nitrogens with one attached hydrogen (secondary N) is 1. The van der Waals surface area contributed by atoms with E-state index in [0.717, 1.165) is 23.0 Å². The largest absolute Gasteiger partial charge is 0.347 e. The van der Waals surface area contributed by atoms with Gasteiger partial charge in [0.1, 0.15) is 16.8 Å². The summed E-state index contributed by atoms with van der Waals surface area (Å²) in [4.78, 5) is 20.4. The minimum absolute atomic E-state index is 0.00162. The van der Waals surface area contributed by atoms with E-state index in [9.17, 15) is 4.79 Å². The highest BCUT2D eigenvalue weighted by molar-refractivity contribution is 7.99. The molecule has 5 rings (SSSR count). The highest BCUT2D eigenvalue weighted by Gasteiger charge is 2.40. The van der Waals surface area contributed by atoms with E-state index >= 15 is 0 Å². The first-order valence-corrected chi connectivity index (χ1v) is 10.2. The summed E-state index contributed by atoms with van der Waals surface area (Å²) < 4.78 is 0. The van der Waals surface area contributed by atoms with Gasteiger partial charge in [0.15, 0.2) is 0 Å². The first kappa shape index (κ1) is 18.0. The van der Waals surface area contributed by atoms with Crippen molar-refractivity contribution in [2.45, 2.75) is 41.8 Å². The number of hydrogen-bond acceptors (Lipinski definition) is 5. The molecule has 0 saturated carbocycles. The van der Waals surface area contributed by atoms with Crippen LogP contribution in [0.1, 0.15) is 35.8 Å². The van der Waals surface area contributed by atoms with Crippen LogP contribution in [-0.4, -0.2) is 41.0 Å². The molecule has 1 aromatic heterocycles. The van der Waals surface area contributed by atoms with E-state index in [1.165, 1.54) is 24.6 Å². The maximum atomic E-state index is 12.7. The predicted octanol–water partition coefficient (Wildman–Crippen LogP) is 3.32. The fourth-order valence-electron chi connectivity index (χ4n) is 4.11. The maximum Gasteiger partial charge on any atom is 0.251 e. The summed E-state index contributed by atoms with van der Waals surface area (Å²) in [6, 6.07) is 15.7. The van der Waals surface area contributed by atoms with Gasteiger partial charge in [-0.1, -0.05) is 17.8 Å². The van der Waals surface area contributed by atoms with E-state index in [4.69, 9.17) is 5.26 Å². The molecule has 3 fully saturated rings. The number of benzene rings is 1. The molecule has 2 bridgehead atoms. The van der Waals surface area contributed by atoms with Crippen LogP contribution in [0, 0.1) is 17.2 Å². The van der Waals surface area contributed by atoms with Crippen molar-refractivity contribution < 1.29 is 4.79 Å². The molecule has 2 unspecified atom stereocenters. The zero-order chi connectivity index (χ0) is 18.8. The lowest BCUT2D eigenvalue weighted by Gasteiger charge is -2.49. The van der Waals surface area contributed by atoms with Crippen molar-refractivity contribution in [2.75, 3.05) is 13.1 Å². The van der Waals surface area contributed by atoms with Crippen molar-refractivity contribution in [1.29, 1.82) is 5.26 Å². The molecule has 0 radical (unpaired) electrons. The number of nitrogens with zero attached hydrogens (tertiary/aromatic N) is 3. The Labute approximate surface area is 163 Å². The third-order valence-corrected chi connectivity index (χ3v) is 6.60. The minimum Gasteiger partial charge on any atom is -0.347 e. The van der Waals surface area contributed by atoms with Gasteiger partial charge in [-0.3, -0.25) is 9.69 Å². The van der Waals surface area contributed by atoms with Crippen LogP contribution < -0.4 is 5.32 Å². The smallest absolute Gasteiger partial charge is 0.251 e. The van der Waals surface area contributed by atoms with Crippen molar-refractivity contribution in [3.8, 4) is 6.07 Å². The second-order valence-electron chi connectivity index (χ2n) is 7.21. The molecule has 1 N–H and O–H groups in total. The Morgan fingerprint density at radius 3 is 2.63 bits per heavy atom. The van der Waals surface area contributed by atoms with Crippen molar-refractivity contribution in [1.82, 2.24) is 15.2 Å². The first-order chi connectivity index (χ1) is 13.1. The third-order valence-electron chi connectivity index (χ3n) is 5.65. The van der Waals surface area contributed by atoms with Crippen molar-refractivity contribution in [3.05, 3.63) is 53.7 Å². The predicted molar refractivity (Wildman–Crippen MR) is 105 cm³/mol. The third kappa shape index (κ3) is 3.85. The molecule has 3 aliphatic heterocycles. The molecule has 138 valence electrons. The lowest BCUT2D eigenvalue weighted by molar-refractivity contribution is 0.0217. The molecule has 1 aromatic carbocycles. The fourth-order valence-corrected chi connectivity index (χ4v) is 4.91. The molecule has 1 amide bonds. The van der Waals surface area contributed by atoms with Gasteiger partial charge in [0.05, 0.1) is 0 Å². The molecule has 2 atom stereocenters. The average molecular weight is 379 g/mol. The zero-order valence-electron chi connectivity index (χ0n) is 15.3. The van der Waals surface area contributed by atoms with Gasteiger partial charge < -0.3 is 5.32 Å². The number of amides is 1. The number of aromatic nitrogens is 1. The standard InChI is InChI=1S/C21H22N4OS/c1-14-20(15-9-11-25(14)12-10-15)24-21(26)16-5-7-18(8-6-16)27-19-4-2-3-17(13-22)23-19/h2-8,14-15,20H,9-12H2,1H3,(H,24,26). The summed E-state index contributed by atoms with van der Waals surface area (Å²) in [6.45, 7) is 4.54. The summed E-state index contributed by atoms with van der Waals surface area (Å²) in [7, 11) is 0. The van der Waals surface area contributed by atoms with E-state index < -0.39 is 0 Å². The van der Waals surface area contributed by atoms with Crippen LogP contribution in [0.25, 0.3) is 0 Å². The van der Waals surface area contributed by atoms with Gasteiger partial charge in [0, 0.05) is 22.5 Å². The van der Waals surface area contributed by atoms with E-state index in [1.54, 1.807) is 6.07 Å². The van der Waals surface area contributed by atoms with Crippen LogP contribution in [0.5, 0.6) is 0 Å². The summed E-state index contributed by atoms with van der Waals surface area (Å²) >= 11 is 1.48. The number of pyridine rings is 1. The number of nitriles is 1. The molecule has 0 spiro atoms. The summed E-state index contributed by atoms with van der Waals surface area (Å²) in [5.74, 6) is 0.601. The Hall–Kier alpha value is -2.36. The van der Waals surface area contributed by atoms with Gasteiger partial charge in [-0.15, -0.1) is 0 Å². The highest BCUT2D eigenvalue weighted by atomic mass is 32.2. The average Bonchev–Trinajstić information content (AvgIpc) is 2.71. The van der Waals surface area contributed by atoms with Crippen molar-refractivity contribution in [3.63, 3.8) is 0 Å². The number of fused-ring (bicyclic) bond motifs is 3. The van der Waals surface area contributed by atoms with Crippen LogP contribution in [0.3, 0.4) is 0 Å². The number of rotatable bonds is 4. The van der Waals surface area contributed by atoms with Crippen LogP contribution in [-0.2, 0) is 0 Å². The normalized spacial score (nSPS) is 26.4. The Morgan fingerprint density at radius 1 is 1.22 bits per heavy atom. The van der Waals surface area contributed by atoms with Gasteiger partial charge >= 0.3 is 0 Å². The Morgan fingerprint density at radius 2 is 1.96 bits per heavy atom. The molecule has 5 nitrogen and oxygen atoms in total. The Bertz CT molecular complexity index is 866. The molecular weight excluding hydrogens is 356 g/mol. The minimum atomic E-state index is 0.00162. The molecule has 6 heteroatoms. The van der Waals surface area contributed by atoms with Crippen molar-refractivity contribution >= 4 is 17.7 Å². The van der Waals surface area contributed by atoms with Gasteiger partial charge in [0.2, 0.25) is 0 Å². The number of carbonyl (C=O) groups is 1. The quantitative estimate of drug-likeness (QED) is 0.884. The fraction of sp³-hybridized carbons (Fsp3) is 0.381. The van der Waals surface area contributed by atoms with Gasteiger partial charge in [-0.05, 0) is 75.2 Å². The number of carbonyl (C=O) groups excluding carboxylic acids is 1. The van der Waals surface area contributed by atoms with Gasteiger partial charge in [0.25, 0.3) is 5.91 Å². The summed E-state index contributed by atoms with van der Waals surface area (Å²) in [5.41, 5.74) is 1.09. The number of piperidine rings is 3. The molecule has 4 heterocycles. The lowest BCUT2D eigenvalue weighted by Crippen LogP contribution is -2.62. The SMILES string of the molecule is CC1C(NC(=O)c2ccc(Sc3cccc(C#N)n3)cc2)C2CCN1CC2. The van der Waals surface area contributed by atoms with Gasteiger partial charge in [-0.25, -0.2) is 4.98 Å². The monoisotopic (exact) mass is 378 g/mol. The Kier molecular flexibility index (Phi) is 5.15. The number of hydrogen-bond donors (Lipinski definition) is 1. The van der Waals surface area contributed by atoms with E-state index in [1.807, 2.05) is 36.4 Å². The second-order valence-corrected chi connectivity index (χ2v) is 8.31. The summed E-state index contributed by atoms with van der Waals surface area (Å²) in [5, 5.41) is 13.0. The maximum absolute atomic E-state index is 12.7. The molecule has 0 aliphatic carbocycles. The van der Waals surface area contributed by atoms with Crippen LogP contribution in [0.15, 0.2) is 52.4 Å². The summed E-state index contributed by atoms with van der Waals surface area (Å²) in [6.07, 6.45) is 2.36. The van der Waals surface area contributed by atoms with Crippen LogP contribution in [0.4, 0.5) is 0 Å². The first-order valence-electron chi connectivity index (χ1n) is 9.34. The van der Waals surface area contributed by atoms with Crippen LogP contribution in [0.2, 0.25) is 0 Å². The molecule has 2 aromatic rings. The van der Waals surface area contributed by atoms with E-state index in [2.05, 4.69) is 28.2 Å². The van der Waals surface area contributed by atoms with Crippen LogP contribution >= 0.6 is 11.8 Å². The zero-order valence-corrected chi connectivity index (χ0v) is 16.1. The highest BCUT2D eigenvalue weighted by Crippen LogP contribution is 2.32. The molecule has 3 saturated heterocycles. The topological polar surface area (TPSA) is 69.0 Å².